The molecular formula is C9H20N4O2. The Morgan fingerprint density at radius 1 is 1.53 bits per heavy atom. The highest BCUT2D eigenvalue weighted by Gasteiger charge is 2.22. The highest BCUT2D eigenvalue weighted by molar-refractivity contribution is 5.67. The zero-order valence-corrected chi connectivity index (χ0v) is 9.24. The van der Waals surface area contributed by atoms with Gasteiger partial charge in [0.15, 0.2) is 0 Å². The standard InChI is InChI=1S/C9H20N4O2/c1-2-15-9(14)13(6-3-10)12-7-4-11-5-8-12/h11H,2-8,10H2,1H3. The number of nitrogens with two attached hydrogens (primary N) is 1. The maximum Gasteiger partial charge on any atom is 0.424 e. The molecule has 0 aromatic heterocycles. The number of rotatable bonds is 4. The van der Waals surface area contributed by atoms with Gasteiger partial charge < -0.3 is 15.8 Å². The predicted molar refractivity (Wildman–Crippen MR) is 57.2 cm³/mol. The molecule has 1 aliphatic rings. The maximum absolute atomic E-state index is 11.6. The number of hydrogen-bond donors (Lipinski definition) is 2. The molecule has 0 spiro atoms. The molecule has 6 nitrogen and oxygen atoms in total. The monoisotopic (exact) mass is 216 g/mol. The van der Waals surface area contributed by atoms with Crippen molar-refractivity contribution >= 4 is 6.09 Å². The Balaban J connectivity index is 2.50. The number of nitrogens with zero attached hydrogens (tertiary/aromatic N) is 2. The lowest BCUT2D eigenvalue weighted by atomic mass is 10.4. The summed E-state index contributed by atoms with van der Waals surface area (Å²) in [5, 5.41) is 6.82. The second-order valence-corrected chi connectivity index (χ2v) is 3.31. The SMILES string of the molecule is CCOC(=O)N(CCN)N1CCNCC1. The largest absolute Gasteiger partial charge is 0.449 e. The number of piperazine rings is 1. The summed E-state index contributed by atoms with van der Waals surface area (Å²) in [5.41, 5.74) is 5.48. The van der Waals surface area contributed by atoms with Crippen LogP contribution in [0.2, 0.25) is 0 Å². The quantitative estimate of drug-likeness (QED) is 0.645. The second kappa shape index (κ2) is 6.60. The molecular weight excluding hydrogens is 196 g/mol. The number of hydrazine groups is 1. The summed E-state index contributed by atoms with van der Waals surface area (Å²) in [7, 11) is 0. The zero-order valence-electron chi connectivity index (χ0n) is 9.24. The molecule has 1 heterocycles. The van der Waals surface area contributed by atoms with Crippen LogP contribution in [0.25, 0.3) is 0 Å². The Morgan fingerprint density at radius 3 is 2.73 bits per heavy atom. The molecule has 0 atom stereocenters. The van der Waals surface area contributed by atoms with Crippen LogP contribution in [0.15, 0.2) is 0 Å². The summed E-state index contributed by atoms with van der Waals surface area (Å²) in [5.74, 6) is 0. The van der Waals surface area contributed by atoms with Gasteiger partial charge in [0.05, 0.1) is 13.2 Å². The lowest BCUT2D eigenvalue weighted by molar-refractivity contribution is -0.0265. The fourth-order valence-electron chi connectivity index (χ4n) is 1.56. The van der Waals surface area contributed by atoms with Crippen LogP contribution >= 0.6 is 0 Å². The van der Waals surface area contributed by atoms with Crippen LogP contribution in [-0.4, -0.2) is 62.0 Å². The van der Waals surface area contributed by atoms with Crippen molar-refractivity contribution in [2.24, 2.45) is 5.73 Å². The lowest BCUT2D eigenvalue weighted by Crippen LogP contribution is -2.55. The molecule has 0 aromatic rings. The van der Waals surface area contributed by atoms with E-state index in [0.29, 0.717) is 19.7 Å². The fourth-order valence-corrected chi connectivity index (χ4v) is 1.56. The minimum atomic E-state index is -0.301. The van der Waals surface area contributed by atoms with E-state index in [2.05, 4.69) is 5.32 Å². The van der Waals surface area contributed by atoms with Crippen molar-refractivity contribution < 1.29 is 9.53 Å². The first-order chi connectivity index (χ1) is 7.29. The van der Waals surface area contributed by atoms with Crippen molar-refractivity contribution in [2.45, 2.75) is 6.92 Å². The van der Waals surface area contributed by atoms with E-state index >= 15 is 0 Å². The number of nitrogens with one attached hydrogen (secondary N) is 1. The number of ether oxygens (including phenoxy) is 1. The van der Waals surface area contributed by atoms with E-state index in [-0.39, 0.29) is 6.09 Å². The lowest BCUT2D eigenvalue weighted by Gasteiger charge is -2.36. The molecule has 1 rings (SSSR count). The molecule has 1 amide bonds. The van der Waals surface area contributed by atoms with Gasteiger partial charge in [-0.15, -0.1) is 0 Å². The number of hydrogen-bond acceptors (Lipinski definition) is 5. The van der Waals surface area contributed by atoms with Crippen LogP contribution in [0.3, 0.4) is 0 Å². The number of amides is 1. The van der Waals surface area contributed by atoms with Crippen molar-refractivity contribution in [3.63, 3.8) is 0 Å². The Kier molecular flexibility index (Phi) is 5.38. The Labute approximate surface area is 90.3 Å². The third-order valence-corrected chi connectivity index (χ3v) is 2.25. The van der Waals surface area contributed by atoms with Gasteiger partial charge in [-0.3, -0.25) is 0 Å². The van der Waals surface area contributed by atoms with Crippen LogP contribution in [0.4, 0.5) is 4.79 Å². The van der Waals surface area contributed by atoms with Gasteiger partial charge in [0, 0.05) is 32.7 Å². The van der Waals surface area contributed by atoms with Gasteiger partial charge in [0.2, 0.25) is 0 Å². The third kappa shape index (κ3) is 3.65. The molecule has 3 N–H and O–H groups in total. The van der Waals surface area contributed by atoms with Crippen LogP contribution in [0.5, 0.6) is 0 Å². The molecule has 0 aromatic carbocycles. The smallest absolute Gasteiger partial charge is 0.424 e. The van der Waals surface area contributed by atoms with Gasteiger partial charge in [-0.2, -0.15) is 0 Å². The molecule has 6 heteroatoms. The first-order valence-corrected chi connectivity index (χ1v) is 5.39. The van der Waals surface area contributed by atoms with E-state index in [1.165, 1.54) is 0 Å². The average molecular weight is 216 g/mol. The Morgan fingerprint density at radius 2 is 2.20 bits per heavy atom. The minimum Gasteiger partial charge on any atom is -0.449 e. The van der Waals surface area contributed by atoms with Gasteiger partial charge in [-0.1, -0.05) is 0 Å². The molecule has 1 aliphatic heterocycles. The highest BCUT2D eigenvalue weighted by atomic mass is 16.6. The normalized spacial score (nSPS) is 17.5. The molecule has 0 saturated carbocycles. The molecule has 88 valence electrons. The molecule has 0 radical (unpaired) electrons. The van der Waals surface area contributed by atoms with E-state index in [1.54, 1.807) is 11.9 Å². The molecule has 1 saturated heterocycles. The van der Waals surface area contributed by atoms with Crippen LogP contribution in [0, 0.1) is 0 Å². The van der Waals surface area contributed by atoms with Crippen molar-refractivity contribution in [2.75, 3.05) is 45.9 Å². The maximum atomic E-state index is 11.6. The molecule has 1 fully saturated rings. The van der Waals surface area contributed by atoms with E-state index in [1.807, 2.05) is 5.01 Å². The summed E-state index contributed by atoms with van der Waals surface area (Å²) < 4.78 is 4.98. The van der Waals surface area contributed by atoms with Gasteiger partial charge in [-0.25, -0.2) is 14.8 Å². The van der Waals surface area contributed by atoms with Crippen LogP contribution < -0.4 is 11.1 Å². The van der Waals surface area contributed by atoms with Crippen molar-refractivity contribution in [1.82, 2.24) is 15.3 Å². The van der Waals surface area contributed by atoms with Gasteiger partial charge >= 0.3 is 6.09 Å². The van der Waals surface area contributed by atoms with Crippen LogP contribution in [0.1, 0.15) is 6.92 Å². The van der Waals surface area contributed by atoms with Crippen molar-refractivity contribution in [3.05, 3.63) is 0 Å². The summed E-state index contributed by atoms with van der Waals surface area (Å²) >= 11 is 0. The highest BCUT2D eigenvalue weighted by Crippen LogP contribution is 2.02. The first kappa shape index (κ1) is 12.2. The van der Waals surface area contributed by atoms with E-state index in [4.69, 9.17) is 10.5 Å². The van der Waals surface area contributed by atoms with Crippen molar-refractivity contribution in [3.8, 4) is 0 Å². The zero-order chi connectivity index (χ0) is 11.1. The van der Waals surface area contributed by atoms with Gasteiger partial charge in [-0.05, 0) is 6.92 Å². The Bertz CT molecular complexity index is 195. The fraction of sp³-hybridized carbons (Fsp3) is 0.889. The second-order valence-electron chi connectivity index (χ2n) is 3.31. The Hall–Kier alpha value is -0.850. The molecule has 0 bridgehead atoms. The summed E-state index contributed by atoms with van der Waals surface area (Å²) in [6.07, 6.45) is -0.301. The summed E-state index contributed by atoms with van der Waals surface area (Å²) in [6, 6.07) is 0. The molecule has 0 aliphatic carbocycles. The van der Waals surface area contributed by atoms with Crippen LogP contribution in [-0.2, 0) is 4.74 Å². The first-order valence-electron chi connectivity index (χ1n) is 5.39. The molecule has 0 unspecified atom stereocenters. The summed E-state index contributed by atoms with van der Waals surface area (Å²) in [6.45, 7) is 6.57. The van der Waals surface area contributed by atoms with Gasteiger partial charge in [0.1, 0.15) is 0 Å². The number of carbonyl (C=O) groups is 1. The van der Waals surface area contributed by atoms with E-state index in [0.717, 1.165) is 26.2 Å². The predicted octanol–water partition coefficient (Wildman–Crippen LogP) is -0.776. The summed E-state index contributed by atoms with van der Waals surface area (Å²) in [4.78, 5) is 11.6. The van der Waals surface area contributed by atoms with Gasteiger partial charge in [0.25, 0.3) is 0 Å². The topological polar surface area (TPSA) is 70.8 Å². The van der Waals surface area contributed by atoms with Crippen molar-refractivity contribution in [1.29, 1.82) is 0 Å². The average Bonchev–Trinajstić information content (AvgIpc) is 2.27. The number of carbonyl (C=O) groups excluding carboxylic acids is 1. The third-order valence-electron chi connectivity index (χ3n) is 2.25. The minimum absolute atomic E-state index is 0.301. The molecule has 15 heavy (non-hydrogen) atoms. The van der Waals surface area contributed by atoms with E-state index < -0.39 is 0 Å². The van der Waals surface area contributed by atoms with E-state index in [9.17, 15) is 4.79 Å².